The number of carboxylic acids is 1. The first kappa shape index (κ1) is 17.2. The van der Waals surface area contributed by atoms with Gasteiger partial charge in [0.1, 0.15) is 5.54 Å². The first-order chi connectivity index (χ1) is 9.60. The van der Waals surface area contributed by atoms with Gasteiger partial charge in [0, 0.05) is 5.56 Å². The topological polar surface area (TPSA) is 66.4 Å². The van der Waals surface area contributed by atoms with Crippen LogP contribution in [-0.2, 0) is 10.2 Å². The zero-order valence-electron chi connectivity index (χ0n) is 13.5. The summed E-state index contributed by atoms with van der Waals surface area (Å²) >= 11 is 0. The zero-order valence-corrected chi connectivity index (χ0v) is 13.5. The SMILES string of the molecule is CCCC(C)(NC(=O)c1ccc(C(C)(C)C)cc1)C(=O)O. The molecule has 0 aliphatic carbocycles. The van der Waals surface area contributed by atoms with Crippen molar-refractivity contribution in [1.82, 2.24) is 5.32 Å². The minimum atomic E-state index is -1.23. The summed E-state index contributed by atoms with van der Waals surface area (Å²) in [6, 6.07) is 7.30. The van der Waals surface area contributed by atoms with E-state index in [-0.39, 0.29) is 11.3 Å². The van der Waals surface area contributed by atoms with Crippen LogP contribution in [-0.4, -0.2) is 22.5 Å². The van der Waals surface area contributed by atoms with Crippen LogP contribution >= 0.6 is 0 Å². The van der Waals surface area contributed by atoms with Crippen molar-refractivity contribution < 1.29 is 14.7 Å². The molecule has 1 aromatic rings. The number of benzene rings is 1. The molecule has 0 bridgehead atoms. The van der Waals surface area contributed by atoms with E-state index in [4.69, 9.17) is 0 Å². The Balaban J connectivity index is 2.91. The van der Waals surface area contributed by atoms with Crippen molar-refractivity contribution in [3.05, 3.63) is 35.4 Å². The number of hydrogen-bond donors (Lipinski definition) is 2. The molecule has 0 radical (unpaired) electrons. The predicted molar refractivity (Wildman–Crippen MR) is 83.6 cm³/mol. The van der Waals surface area contributed by atoms with Gasteiger partial charge in [0.2, 0.25) is 0 Å². The highest BCUT2D eigenvalue weighted by Gasteiger charge is 2.34. The Morgan fingerprint density at radius 2 is 1.62 bits per heavy atom. The maximum absolute atomic E-state index is 12.2. The van der Waals surface area contributed by atoms with Gasteiger partial charge in [0.25, 0.3) is 5.91 Å². The van der Waals surface area contributed by atoms with Crippen molar-refractivity contribution in [1.29, 1.82) is 0 Å². The van der Waals surface area contributed by atoms with Gasteiger partial charge in [-0.05, 0) is 36.5 Å². The summed E-state index contributed by atoms with van der Waals surface area (Å²) < 4.78 is 0. The standard InChI is InChI=1S/C17H25NO3/c1-6-11-17(5,15(20)21)18-14(19)12-7-9-13(10-8-12)16(2,3)4/h7-10H,6,11H2,1-5H3,(H,18,19)(H,20,21). The smallest absolute Gasteiger partial charge is 0.329 e. The largest absolute Gasteiger partial charge is 0.480 e. The number of aliphatic carboxylic acids is 1. The van der Waals surface area contributed by atoms with Crippen molar-refractivity contribution in [2.24, 2.45) is 0 Å². The minimum absolute atomic E-state index is 0.0206. The molecular formula is C17H25NO3. The van der Waals surface area contributed by atoms with Gasteiger partial charge >= 0.3 is 5.97 Å². The highest BCUT2D eigenvalue weighted by molar-refractivity contribution is 5.97. The Morgan fingerprint density at radius 3 is 2.00 bits per heavy atom. The molecule has 1 amide bonds. The van der Waals surface area contributed by atoms with Crippen LogP contribution < -0.4 is 5.32 Å². The molecule has 1 rings (SSSR count). The van der Waals surface area contributed by atoms with Gasteiger partial charge in [0.15, 0.2) is 0 Å². The highest BCUT2D eigenvalue weighted by atomic mass is 16.4. The lowest BCUT2D eigenvalue weighted by atomic mass is 9.86. The maximum atomic E-state index is 12.2. The monoisotopic (exact) mass is 291 g/mol. The number of nitrogens with one attached hydrogen (secondary N) is 1. The van der Waals surface area contributed by atoms with Crippen LogP contribution in [0.1, 0.15) is 63.4 Å². The van der Waals surface area contributed by atoms with E-state index in [2.05, 4.69) is 26.1 Å². The molecule has 4 heteroatoms. The number of hydrogen-bond acceptors (Lipinski definition) is 2. The fraction of sp³-hybridized carbons (Fsp3) is 0.529. The fourth-order valence-corrected chi connectivity index (χ4v) is 2.17. The Morgan fingerprint density at radius 1 is 1.10 bits per heavy atom. The second kappa shape index (κ2) is 6.29. The summed E-state index contributed by atoms with van der Waals surface area (Å²) in [5.41, 5.74) is 0.404. The Bertz CT molecular complexity index is 514. The average Bonchev–Trinajstić information content (AvgIpc) is 2.37. The molecule has 0 saturated carbocycles. The molecule has 116 valence electrons. The maximum Gasteiger partial charge on any atom is 0.329 e. The predicted octanol–water partition coefficient (Wildman–Crippen LogP) is 3.36. The molecule has 2 N–H and O–H groups in total. The molecule has 0 fully saturated rings. The second-order valence-electron chi connectivity index (χ2n) is 6.67. The van der Waals surface area contributed by atoms with Crippen LogP contribution in [0.5, 0.6) is 0 Å². The van der Waals surface area contributed by atoms with Gasteiger partial charge < -0.3 is 10.4 Å². The molecule has 0 heterocycles. The van der Waals surface area contributed by atoms with E-state index in [0.29, 0.717) is 18.4 Å². The number of carbonyl (C=O) groups is 2. The summed E-state index contributed by atoms with van der Waals surface area (Å²) in [7, 11) is 0. The summed E-state index contributed by atoms with van der Waals surface area (Å²) in [4.78, 5) is 23.6. The van der Waals surface area contributed by atoms with Gasteiger partial charge in [-0.3, -0.25) is 4.79 Å². The summed E-state index contributed by atoms with van der Waals surface area (Å²) in [6.45, 7) is 9.74. The van der Waals surface area contributed by atoms with Gasteiger partial charge in [-0.25, -0.2) is 4.79 Å². The average molecular weight is 291 g/mol. The van der Waals surface area contributed by atoms with Crippen molar-refractivity contribution in [2.75, 3.05) is 0 Å². The van der Waals surface area contributed by atoms with E-state index in [0.717, 1.165) is 5.56 Å². The number of carbonyl (C=O) groups excluding carboxylic acids is 1. The van der Waals surface area contributed by atoms with Crippen molar-refractivity contribution >= 4 is 11.9 Å². The molecule has 0 aromatic heterocycles. The Hall–Kier alpha value is -1.84. The van der Waals surface area contributed by atoms with Crippen LogP contribution in [0.15, 0.2) is 24.3 Å². The van der Waals surface area contributed by atoms with E-state index in [1.54, 1.807) is 19.1 Å². The van der Waals surface area contributed by atoms with Crippen LogP contribution in [0.25, 0.3) is 0 Å². The first-order valence-electron chi connectivity index (χ1n) is 7.26. The molecule has 1 unspecified atom stereocenters. The lowest BCUT2D eigenvalue weighted by molar-refractivity contribution is -0.144. The van der Waals surface area contributed by atoms with Crippen LogP contribution in [0.4, 0.5) is 0 Å². The molecule has 0 aliphatic heterocycles. The lowest BCUT2D eigenvalue weighted by Crippen LogP contribution is -2.52. The lowest BCUT2D eigenvalue weighted by Gasteiger charge is -2.26. The molecular weight excluding hydrogens is 266 g/mol. The van der Waals surface area contributed by atoms with Crippen molar-refractivity contribution in [3.8, 4) is 0 Å². The van der Waals surface area contributed by atoms with Crippen LogP contribution in [0.3, 0.4) is 0 Å². The number of carboxylic acid groups (broad SMARTS) is 1. The third-order valence-electron chi connectivity index (χ3n) is 3.62. The first-order valence-corrected chi connectivity index (χ1v) is 7.26. The summed E-state index contributed by atoms with van der Waals surface area (Å²) in [5, 5.41) is 11.9. The van der Waals surface area contributed by atoms with Gasteiger partial charge in [-0.1, -0.05) is 46.2 Å². The molecule has 0 aliphatic rings. The van der Waals surface area contributed by atoms with Crippen molar-refractivity contribution in [2.45, 2.75) is 58.4 Å². The van der Waals surface area contributed by atoms with E-state index >= 15 is 0 Å². The summed E-state index contributed by atoms with van der Waals surface area (Å²) in [5.74, 6) is -1.36. The van der Waals surface area contributed by atoms with E-state index in [1.807, 2.05) is 19.1 Å². The molecule has 21 heavy (non-hydrogen) atoms. The van der Waals surface area contributed by atoms with E-state index in [1.165, 1.54) is 0 Å². The molecule has 0 saturated heterocycles. The molecule has 1 aromatic carbocycles. The zero-order chi connectivity index (χ0) is 16.3. The van der Waals surface area contributed by atoms with Gasteiger partial charge in [-0.2, -0.15) is 0 Å². The number of amides is 1. The quantitative estimate of drug-likeness (QED) is 0.874. The molecule has 4 nitrogen and oxygen atoms in total. The van der Waals surface area contributed by atoms with Gasteiger partial charge in [0.05, 0.1) is 0 Å². The Labute approximate surface area is 126 Å². The molecule has 1 atom stereocenters. The Kier molecular flexibility index (Phi) is 5.15. The third kappa shape index (κ3) is 4.31. The third-order valence-corrected chi connectivity index (χ3v) is 3.62. The highest BCUT2D eigenvalue weighted by Crippen LogP contribution is 2.22. The van der Waals surface area contributed by atoms with Crippen LogP contribution in [0.2, 0.25) is 0 Å². The normalized spacial score (nSPS) is 14.3. The van der Waals surface area contributed by atoms with E-state index < -0.39 is 11.5 Å². The van der Waals surface area contributed by atoms with Gasteiger partial charge in [-0.15, -0.1) is 0 Å². The van der Waals surface area contributed by atoms with E-state index in [9.17, 15) is 14.7 Å². The van der Waals surface area contributed by atoms with Crippen molar-refractivity contribution in [3.63, 3.8) is 0 Å². The van der Waals surface area contributed by atoms with Crippen LogP contribution in [0, 0.1) is 0 Å². The summed E-state index contributed by atoms with van der Waals surface area (Å²) in [6.07, 6.45) is 1.08. The minimum Gasteiger partial charge on any atom is -0.480 e. The fourth-order valence-electron chi connectivity index (χ4n) is 2.17. The second-order valence-corrected chi connectivity index (χ2v) is 6.67. The number of rotatable bonds is 5. The molecule has 0 spiro atoms.